The molecule has 1 atom stereocenters. The zero-order valence-corrected chi connectivity index (χ0v) is 17.0. The van der Waals surface area contributed by atoms with E-state index in [0.29, 0.717) is 6.54 Å². The van der Waals surface area contributed by atoms with Crippen LogP contribution in [-0.2, 0) is 4.79 Å². The van der Waals surface area contributed by atoms with Crippen LogP contribution in [0.15, 0.2) is 59.0 Å². The fourth-order valence-corrected chi connectivity index (χ4v) is 3.94. The molecule has 1 fully saturated rings. The molecule has 152 valence electrons. The van der Waals surface area contributed by atoms with Crippen LogP contribution in [0.5, 0.6) is 5.75 Å². The molecule has 0 spiro atoms. The van der Waals surface area contributed by atoms with Gasteiger partial charge in [0, 0.05) is 5.39 Å². The molecule has 2 heterocycles. The summed E-state index contributed by atoms with van der Waals surface area (Å²) in [4.78, 5) is 16.2. The summed E-state index contributed by atoms with van der Waals surface area (Å²) in [7, 11) is 1.70. The third-order valence-corrected chi connectivity index (χ3v) is 5.56. The Kier molecular flexibility index (Phi) is 5.71. The predicted molar refractivity (Wildman–Crippen MR) is 114 cm³/mol. The molecule has 4 rings (SSSR count). The molecule has 2 N–H and O–H groups in total. The molecule has 29 heavy (non-hydrogen) atoms. The maximum atomic E-state index is 12.6. The van der Waals surface area contributed by atoms with E-state index in [1.807, 2.05) is 55.5 Å². The number of nitrogens with one attached hydrogen (secondary N) is 2. The van der Waals surface area contributed by atoms with Crippen LogP contribution in [0.25, 0.3) is 11.0 Å². The molecule has 1 aliphatic heterocycles. The molecular weight excluding hydrogens is 366 g/mol. The fourth-order valence-electron chi connectivity index (χ4n) is 3.94. The van der Waals surface area contributed by atoms with Crippen molar-refractivity contribution in [2.45, 2.75) is 13.0 Å². The molecule has 1 saturated heterocycles. The van der Waals surface area contributed by atoms with Crippen LogP contribution in [-0.4, -0.2) is 45.7 Å². The Morgan fingerprint density at radius 2 is 1.90 bits per heavy atom. The summed E-state index contributed by atoms with van der Waals surface area (Å²) in [5.74, 6) is 1.74. The van der Waals surface area contributed by atoms with Crippen LogP contribution in [0.2, 0.25) is 0 Å². The van der Waals surface area contributed by atoms with E-state index >= 15 is 0 Å². The lowest BCUT2D eigenvalue weighted by molar-refractivity contribution is -0.892. The number of para-hydroxylation sites is 3. The predicted octanol–water partition coefficient (Wildman–Crippen LogP) is 2.02. The highest BCUT2D eigenvalue weighted by Gasteiger charge is 2.25. The first-order valence-corrected chi connectivity index (χ1v) is 10.1. The van der Waals surface area contributed by atoms with Gasteiger partial charge < -0.3 is 24.3 Å². The zero-order chi connectivity index (χ0) is 20.2. The van der Waals surface area contributed by atoms with E-state index in [9.17, 15) is 4.79 Å². The molecular formula is C23H28N3O3+. The number of carbonyl (C=O) groups excluding carboxylic acids is 1. The van der Waals surface area contributed by atoms with Crippen LogP contribution < -0.4 is 19.9 Å². The summed E-state index contributed by atoms with van der Waals surface area (Å²) in [6.45, 7) is 6.09. The number of quaternary nitrogens is 1. The molecule has 6 nitrogen and oxygen atoms in total. The number of furan rings is 1. The van der Waals surface area contributed by atoms with Crippen molar-refractivity contribution in [3.8, 4) is 5.75 Å². The SMILES string of the molecule is COc1ccccc1N1CC[NH+](CC(=O)N[C@H](C)c2cc3ccccc3o2)CC1. The molecule has 3 aromatic rings. The molecule has 1 aromatic heterocycles. The van der Waals surface area contributed by atoms with E-state index in [-0.39, 0.29) is 11.9 Å². The van der Waals surface area contributed by atoms with Gasteiger partial charge in [0.1, 0.15) is 17.1 Å². The van der Waals surface area contributed by atoms with Crippen molar-refractivity contribution in [2.24, 2.45) is 0 Å². The van der Waals surface area contributed by atoms with Crippen molar-refractivity contribution in [3.05, 3.63) is 60.4 Å². The van der Waals surface area contributed by atoms with E-state index in [1.165, 1.54) is 4.90 Å². The van der Waals surface area contributed by atoms with Gasteiger partial charge in [0.2, 0.25) is 0 Å². The Labute approximate surface area is 171 Å². The summed E-state index contributed by atoms with van der Waals surface area (Å²) in [5.41, 5.74) is 1.97. The number of methoxy groups -OCH3 is 1. The number of rotatable bonds is 6. The van der Waals surface area contributed by atoms with Crippen molar-refractivity contribution >= 4 is 22.6 Å². The third kappa shape index (κ3) is 4.38. The number of benzene rings is 2. The minimum Gasteiger partial charge on any atom is -0.495 e. The van der Waals surface area contributed by atoms with Crippen molar-refractivity contribution in [3.63, 3.8) is 0 Å². The van der Waals surface area contributed by atoms with E-state index in [2.05, 4.69) is 16.3 Å². The summed E-state index contributed by atoms with van der Waals surface area (Å²) in [6, 6.07) is 17.8. The lowest BCUT2D eigenvalue weighted by Gasteiger charge is -2.34. The minimum absolute atomic E-state index is 0.0543. The molecule has 6 heteroatoms. The Morgan fingerprint density at radius 3 is 2.66 bits per heavy atom. The van der Waals surface area contributed by atoms with Crippen LogP contribution in [0.3, 0.4) is 0 Å². The average molecular weight is 394 g/mol. The number of nitrogens with zero attached hydrogens (tertiary/aromatic N) is 1. The second-order valence-electron chi connectivity index (χ2n) is 7.56. The quantitative estimate of drug-likeness (QED) is 0.672. The third-order valence-electron chi connectivity index (χ3n) is 5.56. The molecule has 2 aromatic carbocycles. The van der Waals surface area contributed by atoms with Gasteiger partial charge >= 0.3 is 0 Å². The van der Waals surface area contributed by atoms with Gasteiger partial charge in [-0.2, -0.15) is 0 Å². The number of amides is 1. The van der Waals surface area contributed by atoms with Crippen molar-refractivity contribution in [1.29, 1.82) is 0 Å². The number of ether oxygens (including phenoxy) is 1. The van der Waals surface area contributed by atoms with Gasteiger partial charge in [-0.3, -0.25) is 4.79 Å². The first-order valence-electron chi connectivity index (χ1n) is 10.1. The Hall–Kier alpha value is -2.99. The second-order valence-corrected chi connectivity index (χ2v) is 7.56. The van der Waals surface area contributed by atoms with E-state index < -0.39 is 0 Å². The fraction of sp³-hybridized carbons (Fsp3) is 0.348. The molecule has 0 aliphatic carbocycles. The molecule has 1 amide bonds. The van der Waals surface area contributed by atoms with E-state index in [4.69, 9.17) is 9.15 Å². The zero-order valence-electron chi connectivity index (χ0n) is 17.0. The van der Waals surface area contributed by atoms with Crippen molar-refractivity contribution in [1.82, 2.24) is 5.32 Å². The maximum Gasteiger partial charge on any atom is 0.275 e. The Balaban J connectivity index is 1.29. The lowest BCUT2D eigenvalue weighted by atomic mass is 10.2. The standard InChI is InChI=1S/C23H27N3O3/c1-17(22-15-18-7-3-5-9-20(18)29-22)24-23(27)16-25-11-13-26(14-12-25)19-8-4-6-10-21(19)28-2/h3-10,15,17H,11-14,16H2,1-2H3,(H,24,27)/p+1/t17-/m1/s1. The number of fused-ring (bicyclic) bond motifs is 1. The molecule has 1 aliphatic rings. The summed E-state index contributed by atoms with van der Waals surface area (Å²) in [5, 5.41) is 4.14. The van der Waals surface area contributed by atoms with Crippen molar-refractivity contribution in [2.75, 3.05) is 44.7 Å². The Morgan fingerprint density at radius 1 is 1.17 bits per heavy atom. The average Bonchev–Trinajstić information content (AvgIpc) is 3.19. The molecule has 0 unspecified atom stereocenters. The number of anilines is 1. The summed E-state index contributed by atoms with van der Waals surface area (Å²) in [6.07, 6.45) is 0. The summed E-state index contributed by atoms with van der Waals surface area (Å²) < 4.78 is 11.3. The van der Waals surface area contributed by atoms with E-state index in [0.717, 1.165) is 54.3 Å². The topological polar surface area (TPSA) is 59.2 Å². The van der Waals surface area contributed by atoms with Gasteiger partial charge in [0.25, 0.3) is 5.91 Å². The van der Waals surface area contributed by atoms with Crippen LogP contribution in [0, 0.1) is 0 Å². The Bertz CT molecular complexity index is 943. The monoisotopic (exact) mass is 394 g/mol. The maximum absolute atomic E-state index is 12.6. The van der Waals surface area contributed by atoms with Gasteiger partial charge in [-0.15, -0.1) is 0 Å². The van der Waals surface area contributed by atoms with Crippen molar-refractivity contribution < 1.29 is 18.8 Å². The molecule has 0 bridgehead atoms. The largest absolute Gasteiger partial charge is 0.495 e. The lowest BCUT2D eigenvalue weighted by Crippen LogP contribution is -3.15. The van der Waals surface area contributed by atoms with Gasteiger partial charge in [0.05, 0.1) is 45.0 Å². The first kappa shape index (κ1) is 19.3. The molecule has 0 radical (unpaired) electrons. The second kappa shape index (κ2) is 8.57. The normalized spacial score (nSPS) is 16.0. The summed E-state index contributed by atoms with van der Waals surface area (Å²) >= 11 is 0. The van der Waals surface area contributed by atoms with Crippen LogP contribution in [0.4, 0.5) is 5.69 Å². The number of hydrogen-bond acceptors (Lipinski definition) is 4. The minimum atomic E-state index is -0.149. The smallest absolute Gasteiger partial charge is 0.275 e. The molecule has 0 saturated carbocycles. The van der Waals surface area contributed by atoms with Gasteiger partial charge in [-0.1, -0.05) is 30.3 Å². The number of hydrogen-bond donors (Lipinski definition) is 2. The van der Waals surface area contributed by atoms with E-state index in [1.54, 1.807) is 7.11 Å². The van der Waals surface area contributed by atoms with Gasteiger partial charge in [-0.05, 0) is 31.2 Å². The first-order chi connectivity index (χ1) is 14.1. The van der Waals surface area contributed by atoms with Crippen LogP contribution in [0.1, 0.15) is 18.7 Å². The van der Waals surface area contributed by atoms with Crippen LogP contribution >= 0.6 is 0 Å². The van der Waals surface area contributed by atoms with Gasteiger partial charge in [-0.25, -0.2) is 0 Å². The highest BCUT2D eigenvalue weighted by atomic mass is 16.5. The van der Waals surface area contributed by atoms with Gasteiger partial charge in [0.15, 0.2) is 6.54 Å². The number of piperazine rings is 1. The highest BCUT2D eigenvalue weighted by Crippen LogP contribution is 2.27. The highest BCUT2D eigenvalue weighted by molar-refractivity contribution is 5.79. The number of carbonyl (C=O) groups is 1.